The summed E-state index contributed by atoms with van der Waals surface area (Å²) in [5.41, 5.74) is 0.959. The van der Waals surface area contributed by atoms with Gasteiger partial charge in [0.05, 0.1) is 5.56 Å². The van der Waals surface area contributed by atoms with Crippen LogP contribution in [0.1, 0.15) is 36.7 Å². The molecule has 0 unspecified atom stereocenters. The lowest BCUT2D eigenvalue weighted by Gasteiger charge is -2.19. The molecule has 0 atom stereocenters. The van der Waals surface area contributed by atoms with Crippen molar-refractivity contribution in [3.63, 3.8) is 0 Å². The average Bonchev–Trinajstić information content (AvgIpc) is 2.39. The van der Waals surface area contributed by atoms with Gasteiger partial charge < -0.3 is 14.7 Å². The van der Waals surface area contributed by atoms with Crippen LogP contribution in [0.2, 0.25) is 0 Å². The van der Waals surface area contributed by atoms with Crippen LogP contribution in [0.3, 0.4) is 0 Å². The van der Waals surface area contributed by atoms with E-state index in [4.69, 9.17) is 4.74 Å². The first-order valence-corrected chi connectivity index (χ1v) is 6.69. The number of ether oxygens (including phenoxy) is 1. The Morgan fingerprint density at radius 1 is 1.32 bits per heavy atom. The number of aromatic hydroxyl groups is 1. The number of carbonyl (C=O) groups excluding carboxylic acids is 1. The molecule has 0 aliphatic carbocycles. The number of carbonyl (C=O) groups is 1. The molecule has 0 amide bonds. The normalized spacial score (nSPS) is 10.8. The monoisotopic (exact) mass is 265 g/mol. The zero-order valence-corrected chi connectivity index (χ0v) is 12.2. The van der Waals surface area contributed by atoms with Crippen molar-refractivity contribution in [2.45, 2.75) is 27.7 Å². The van der Waals surface area contributed by atoms with Gasteiger partial charge in [0.25, 0.3) is 0 Å². The van der Waals surface area contributed by atoms with E-state index in [1.165, 1.54) is 6.92 Å². The predicted molar refractivity (Wildman–Crippen MR) is 76.1 cm³/mol. The number of nitrogens with zero attached hydrogens (tertiary/aromatic N) is 1. The van der Waals surface area contributed by atoms with Crippen LogP contribution >= 0.6 is 0 Å². The van der Waals surface area contributed by atoms with E-state index >= 15 is 0 Å². The van der Waals surface area contributed by atoms with Crippen molar-refractivity contribution in [2.75, 3.05) is 26.2 Å². The van der Waals surface area contributed by atoms with E-state index in [1.54, 1.807) is 19.1 Å². The third-order valence-corrected chi connectivity index (χ3v) is 3.32. The van der Waals surface area contributed by atoms with E-state index in [2.05, 4.69) is 18.7 Å². The lowest BCUT2D eigenvalue weighted by molar-refractivity contribution is 0.101. The van der Waals surface area contributed by atoms with Crippen molar-refractivity contribution in [3.05, 3.63) is 23.3 Å². The van der Waals surface area contributed by atoms with Crippen LogP contribution < -0.4 is 4.74 Å². The first kappa shape index (κ1) is 15.5. The summed E-state index contributed by atoms with van der Waals surface area (Å²) >= 11 is 0. The second-order valence-electron chi connectivity index (χ2n) is 4.52. The minimum Gasteiger partial charge on any atom is -0.507 e. The van der Waals surface area contributed by atoms with Gasteiger partial charge in [0.2, 0.25) is 0 Å². The fourth-order valence-corrected chi connectivity index (χ4v) is 1.95. The highest BCUT2D eigenvalue weighted by Gasteiger charge is 2.13. The summed E-state index contributed by atoms with van der Waals surface area (Å²) in [6.45, 7) is 10.8. The van der Waals surface area contributed by atoms with Crippen molar-refractivity contribution >= 4 is 5.78 Å². The Labute approximate surface area is 115 Å². The topological polar surface area (TPSA) is 49.8 Å². The van der Waals surface area contributed by atoms with Crippen molar-refractivity contribution in [1.29, 1.82) is 0 Å². The lowest BCUT2D eigenvalue weighted by atomic mass is 10.1. The van der Waals surface area contributed by atoms with Crippen molar-refractivity contribution < 1.29 is 14.6 Å². The van der Waals surface area contributed by atoms with Crippen LogP contribution in [0.25, 0.3) is 0 Å². The molecular formula is C15H23NO3. The Bertz CT molecular complexity index is 439. The minimum absolute atomic E-state index is 0.0211. The highest BCUT2D eigenvalue weighted by Crippen LogP contribution is 2.30. The van der Waals surface area contributed by atoms with Gasteiger partial charge in [-0.2, -0.15) is 0 Å². The van der Waals surface area contributed by atoms with Gasteiger partial charge in [0.15, 0.2) is 5.78 Å². The van der Waals surface area contributed by atoms with Crippen LogP contribution in [0.5, 0.6) is 11.5 Å². The van der Waals surface area contributed by atoms with Crippen LogP contribution in [-0.4, -0.2) is 42.0 Å². The fourth-order valence-electron chi connectivity index (χ4n) is 1.95. The van der Waals surface area contributed by atoms with E-state index in [0.717, 1.165) is 19.6 Å². The second kappa shape index (κ2) is 7.14. The van der Waals surface area contributed by atoms with Crippen LogP contribution in [0.4, 0.5) is 0 Å². The molecular weight excluding hydrogens is 242 g/mol. The molecule has 1 aromatic rings. The molecule has 4 nitrogen and oxygen atoms in total. The molecule has 4 heteroatoms. The van der Waals surface area contributed by atoms with Crippen LogP contribution in [-0.2, 0) is 0 Å². The molecule has 1 aromatic carbocycles. The Morgan fingerprint density at radius 2 is 1.95 bits per heavy atom. The number of Topliss-reactive ketones (excluding diaryl/α,β-unsaturated/α-hetero) is 1. The molecule has 106 valence electrons. The van der Waals surface area contributed by atoms with Gasteiger partial charge in [-0.15, -0.1) is 0 Å². The molecule has 0 fully saturated rings. The molecule has 0 aliphatic heterocycles. The largest absolute Gasteiger partial charge is 0.507 e. The first-order chi connectivity index (χ1) is 9.01. The number of phenols is 1. The van der Waals surface area contributed by atoms with Crippen molar-refractivity contribution in [1.82, 2.24) is 4.90 Å². The molecule has 0 aliphatic rings. The van der Waals surface area contributed by atoms with Crippen molar-refractivity contribution in [2.24, 2.45) is 0 Å². The minimum atomic E-state index is -0.143. The summed E-state index contributed by atoms with van der Waals surface area (Å²) in [6, 6.07) is 3.35. The first-order valence-electron chi connectivity index (χ1n) is 6.69. The Balaban J connectivity index is 2.70. The maximum absolute atomic E-state index is 11.3. The Kier molecular flexibility index (Phi) is 5.83. The van der Waals surface area contributed by atoms with Crippen LogP contribution in [0.15, 0.2) is 12.1 Å². The van der Waals surface area contributed by atoms with Gasteiger partial charge in [-0.05, 0) is 39.1 Å². The SMILES string of the molecule is CCN(CC)CCOc1ccc(C(C)=O)c(O)c1C. The second-order valence-corrected chi connectivity index (χ2v) is 4.52. The van der Waals surface area contributed by atoms with Gasteiger partial charge in [-0.3, -0.25) is 4.79 Å². The number of ketones is 1. The van der Waals surface area contributed by atoms with E-state index in [1.807, 2.05) is 0 Å². The molecule has 1 N–H and O–H groups in total. The summed E-state index contributed by atoms with van der Waals surface area (Å²) in [6.07, 6.45) is 0. The van der Waals surface area contributed by atoms with Gasteiger partial charge in [0.1, 0.15) is 18.1 Å². The molecule has 0 radical (unpaired) electrons. The Hall–Kier alpha value is -1.55. The zero-order valence-electron chi connectivity index (χ0n) is 12.2. The van der Waals surface area contributed by atoms with Crippen molar-refractivity contribution in [3.8, 4) is 11.5 Å². The number of likely N-dealkylation sites (N-methyl/N-ethyl adjacent to an activating group) is 1. The quantitative estimate of drug-likeness (QED) is 0.770. The summed E-state index contributed by atoms with van der Waals surface area (Å²) in [5.74, 6) is 0.512. The standard InChI is InChI=1S/C15H23NO3/c1-5-16(6-2)9-10-19-14-8-7-13(12(4)17)15(18)11(14)3/h7-8,18H,5-6,9-10H2,1-4H3. The molecule has 0 heterocycles. The zero-order chi connectivity index (χ0) is 14.4. The molecule has 0 saturated carbocycles. The van der Waals surface area contributed by atoms with E-state index in [0.29, 0.717) is 23.5 Å². The van der Waals surface area contributed by atoms with Gasteiger partial charge in [-0.25, -0.2) is 0 Å². The lowest BCUT2D eigenvalue weighted by Crippen LogP contribution is -2.28. The number of phenolic OH excluding ortho intramolecular Hbond substituents is 1. The van der Waals surface area contributed by atoms with Gasteiger partial charge in [-0.1, -0.05) is 13.8 Å². The smallest absolute Gasteiger partial charge is 0.163 e. The number of benzene rings is 1. The molecule has 1 rings (SSSR count). The molecule has 0 spiro atoms. The highest BCUT2D eigenvalue weighted by molar-refractivity contribution is 5.97. The maximum atomic E-state index is 11.3. The summed E-state index contributed by atoms with van der Waals surface area (Å²) in [5, 5.41) is 9.94. The third kappa shape index (κ3) is 3.96. The highest BCUT2D eigenvalue weighted by atomic mass is 16.5. The van der Waals surface area contributed by atoms with Gasteiger partial charge in [0, 0.05) is 12.1 Å². The summed E-state index contributed by atoms with van der Waals surface area (Å²) in [4.78, 5) is 13.6. The summed E-state index contributed by atoms with van der Waals surface area (Å²) < 4.78 is 5.67. The number of hydrogen-bond donors (Lipinski definition) is 1. The average molecular weight is 265 g/mol. The van der Waals surface area contributed by atoms with E-state index in [9.17, 15) is 9.90 Å². The van der Waals surface area contributed by atoms with E-state index < -0.39 is 0 Å². The maximum Gasteiger partial charge on any atom is 0.163 e. The van der Waals surface area contributed by atoms with Gasteiger partial charge >= 0.3 is 0 Å². The predicted octanol–water partition coefficient (Wildman–Crippen LogP) is 2.62. The number of rotatable bonds is 7. The molecule has 0 saturated heterocycles. The number of hydrogen-bond acceptors (Lipinski definition) is 4. The van der Waals surface area contributed by atoms with Crippen LogP contribution in [0, 0.1) is 6.92 Å². The fraction of sp³-hybridized carbons (Fsp3) is 0.533. The molecule has 0 bridgehead atoms. The molecule has 0 aromatic heterocycles. The molecule has 19 heavy (non-hydrogen) atoms. The van der Waals surface area contributed by atoms with E-state index in [-0.39, 0.29) is 11.5 Å². The third-order valence-electron chi connectivity index (χ3n) is 3.32. The summed E-state index contributed by atoms with van der Waals surface area (Å²) in [7, 11) is 0. The Morgan fingerprint density at radius 3 is 2.47 bits per heavy atom.